The Kier molecular flexibility index (Phi) is 9.47. The quantitative estimate of drug-likeness (QED) is 0.113. The fourth-order valence-electron chi connectivity index (χ4n) is 7.12. The van der Waals surface area contributed by atoms with E-state index in [0.717, 1.165) is 18.4 Å². The van der Waals surface area contributed by atoms with Crippen molar-refractivity contribution in [3.63, 3.8) is 0 Å². The van der Waals surface area contributed by atoms with E-state index in [1.807, 2.05) is 0 Å². The first-order valence-corrected chi connectivity index (χ1v) is 19.4. The zero-order chi connectivity index (χ0) is 41.6. The second kappa shape index (κ2) is 13.6. The van der Waals surface area contributed by atoms with E-state index in [1.165, 1.54) is 30.8 Å². The van der Waals surface area contributed by atoms with Crippen molar-refractivity contribution >= 4 is 32.8 Å². The summed E-state index contributed by atoms with van der Waals surface area (Å²) in [6.07, 6.45) is -4.94. The molecule has 0 bridgehead atoms. The monoisotopic (exact) mass is 817 g/mol. The highest BCUT2D eigenvalue weighted by Crippen LogP contribution is 2.68. The van der Waals surface area contributed by atoms with Crippen molar-refractivity contribution in [1.29, 1.82) is 0 Å². The molecule has 19 heteroatoms. The van der Waals surface area contributed by atoms with E-state index in [9.17, 15) is 40.3 Å². The van der Waals surface area contributed by atoms with E-state index in [-0.39, 0.29) is 45.4 Å². The van der Waals surface area contributed by atoms with Crippen LogP contribution in [0.1, 0.15) is 73.1 Å². The highest BCUT2D eigenvalue weighted by atomic mass is 32.2. The van der Waals surface area contributed by atoms with Crippen LogP contribution in [0.4, 0.5) is 41.3 Å². The van der Waals surface area contributed by atoms with Crippen molar-refractivity contribution in [3.8, 4) is 23.0 Å². The Hall–Kier alpha value is -5.48. The van der Waals surface area contributed by atoms with Gasteiger partial charge in [-0.15, -0.1) is 0 Å². The van der Waals surface area contributed by atoms with E-state index in [1.54, 1.807) is 32.0 Å². The zero-order valence-corrected chi connectivity index (χ0v) is 31.6. The Bertz CT molecular complexity index is 2620. The molecule has 2 aromatic carbocycles. The van der Waals surface area contributed by atoms with E-state index in [2.05, 4.69) is 37.1 Å². The van der Waals surface area contributed by atoms with Crippen LogP contribution < -0.4 is 10.0 Å². The SMILES string of the molecule is CC(C)C(C)(O)C#Cc1ccc(-c2cccc3c(NS(C)(=O)=O)nn(C)c23)c([C@H](Cc2cc(F)cc(F)c2)NC(=O)n2nc(C(F)(F)F)c3c2C(F)(F)[C@@H]2C[C@H]32)n1. The van der Waals surface area contributed by atoms with Gasteiger partial charge in [-0.2, -0.15) is 36.8 Å². The summed E-state index contributed by atoms with van der Waals surface area (Å²) in [6.45, 7) is 4.93. The van der Waals surface area contributed by atoms with Crippen LogP contribution in [0.5, 0.6) is 0 Å². The van der Waals surface area contributed by atoms with Gasteiger partial charge < -0.3 is 10.4 Å². The third kappa shape index (κ3) is 7.43. The molecule has 0 radical (unpaired) electrons. The number of nitrogens with one attached hydrogen (secondary N) is 2. The van der Waals surface area contributed by atoms with Gasteiger partial charge in [0, 0.05) is 41.1 Å². The molecule has 2 aliphatic rings. The molecular formula is C38H34F7N7O4S. The molecule has 0 aliphatic heterocycles. The van der Waals surface area contributed by atoms with Crippen LogP contribution >= 0.6 is 0 Å². The van der Waals surface area contributed by atoms with Gasteiger partial charge in [0.15, 0.2) is 11.5 Å². The van der Waals surface area contributed by atoms with Crippen LogP contribution in [0.25, 0.3) is 22.0 Å². The molecule has 1 fully saturated rings. The zero-order valence-electron chi connectivity index (χ0n) is 30.8. The van der Waals surface area contributed by atoms with E-state index >= 15 is 8.78 Å². The Balaban J connectivity index is 1.44. The molecule has 57 heavy (non-hydrogen) atoms. The topological polar surface area (TPSA) is 144 Å². The number of halogens is 7. The number of pyridine rings is 1. The number of hydrogen-bond donors (Lipinski definition) is 3. The van der Waals surface area contributed by atoms with Crippen LogP contribution in [0.15, 0.2) is 48.5 Å². The number of aryl methyl sites for hydroxylation is 1. The molecule has 0 spiro atoms. The third-order valence-corrected chi connectivity index (χ3v) is 10.8. The Morgan fingerprint density at radius 1 is 1.07 bits per heavy atom. The number of carbonyl (C=O) groups excluding carboxylic acids is 1. The minimum Gasteiger partial charge on any atom is -0.378 e. The number of para-hydroxylation sites is 1. The lowest BCUT2D eigenvalue weighted by Gasteiger charge is -2.23. The van der Waals surface area contributed by atoms with E-state index < -0.39 is 86.6 Å². The summed E-state index contributed by atoms with van der Waals surface area (Å²) in [6, 6.07) is 7.20. The summed E-state index contributed by atoms with van der Waals surface area (Å²) in [5, 5.41) is 21.3. The van der Waals surface area contributed by atoms with E-state index in [4.69, 9.17) is 0 Å². The van der Waals surface area contributed by atoms with Crippen molar-refractivity contribution < 1.29 is 49.1 Å². The molecule has 1 saturated carbocycles. The minimum atomic E-state index is -5.17. The number of alkyl halides is 5. The lowest BCUT2D eigenvalue weighted by molar-refractivity contribution is -0.142. The van der Waals surface area contributed by atoms with Crippen LogP contribution in [0.3, 0.4) is 0 Å². The van der Waals surface area contributed by atoms with Gasteiger partial charge in [-0.25, -0.2) is 27.0 Å². The highest BCUT2D eigenvalue weighted by Gasteiger charge is 2.68. The standard InChI is InChI=1S/C38H34F7N7O4S/c1-18(2)36(3,54)12-11-22-9-10-23(24-7-6-8-25-31(24)51(4)49-34(25)50-57(5,55)56)30(46-22)28(15-19-13-20(39)16-21(40)14-19)47-35(53)52-33-29(32(48-52)38(43,44)45)26-17-27(26)37(33,41)42/h6-10,13-14,16,18,26-28,54H,15,17H2,1-5H3,(H,47,53)(H,49,50)/t26-,27+,28-,36?/m0/s1. The van der Waals surface area contributed by atoms with Gasteiger partial charge >= 0.3 is 12.2 Å². The lowest BCUT2D eigenvalue weighted by Crippen LogP contribution is -2.37. The van der Waals surface area contributed by atoms with Gasteiger partial charge in [0.25, 0.3) is 5.92 Å². The molecule has 7 rings (SSSR count). The van der Waals surface area contributed by atoms with Gasteiger partial charge in [0.1, 0.15) is 28.6 Å². The summed E-state index contributed by atoms with van der Waals surface area (Å²) in [5.41, 5.74) is -4.34. The Morgan fingerprint density at radius 3 is 2.39 bits per heavy atom. The minimum absolute atomic E-state index is 0.00237. The molecule has 3 N–H and O–H groups in total. The van der Waals surface area contributed by atoms with Gasteiger partial charge in [0.05, 0.1) is 23.5 Å². The maximum absolute atomic E-state index is 15.6. The second-order valence-electron chi connectivity index (χ2n) is 14.8. The fraction of sp³-hybridized carbons (Fsp3) is 0.368. The number of aromatic nitrogens is 5. The molecule has 3 aromatic heterocycles. The number of fused-ring (bicyclic) bond motifs is 4. The Morgan fingerprint density at radius 2 is 1.75 bits per heavy atom. The van der Waals surface area contributed by atoms with Crippen molar-refractivity contribution in [2.75, 3.05) is 11.0 Å². The number of rotatable bonds is 8. The summed E-state index contributed by atoms with van der Waals surface area (Å²) < 4.78 is 131. The van der Waals surface area contributed by atoms with Crippen LogP contribution in [0.2, 0.25) is 0 Å². The largest absolute Gasteiger partial charge is 0.435 e. The van der Waals surface area contributed by atoms with Crippen molar-refractivity contribution in [3.05, 3.63) is 94.1 Å². The summed E-state index contributed by atoms with van der Waals surface area (Å²) in [7, 11) is -2.28. The first-order chi connectivity index (χ1) is 26.5. The normalized spacial score (nSPS) is 18.7. The predicted molar refractivity (Wildman–Crippen MR) is 193 cm³/mol. The molecule has 5 aromatic rings. The van der Waals surface area contributed by atoms with Crippen LogP contribution in [0, 0.1) is 35.3 Å². The molecule has 4 atom stereocenters. The predicted octanol–water partition coefficient (Wildman–Crippen LogP) is 7.01. The molecule has 300 valence electrons. The number of carbonyl (C=O) groups is 1. The lowest BCUT2D eigenvalue weighted by atomic mass is 9.92. The summed E-state index contributed by atoms with van der Waals surface area (Å²) in [5.74, 6) is -3.26. The fourth-order valence-corrected chi connectivity index (χ4v) is 7.62. The average molecular weight is 818 g/mol. The maximum Gasteiger partial charge on any atom is 0.435 e. The number of benzene rings is 2. The number of sulfonamides is 1. The van der Waals surface area contributed by atoms with Crippen molar-refractivity contribution in [1.82, 2.24) is 29.9 Å². The molecule has 1 amide bonds. The molecule has 2 aliphatic carbocycles. The number of nitrogens with zero attached hydrogens (tertiary/aromatic N) is 5. The van der Waals surface area contributed by atoms with Gasteiger partial charge in [-0.1, -0.05) is 31.9 Å². The number of anilines is 1. The van der Waals surface area contributed by atoms with Gasteiger partial charge in [0.2, 0.25) is 10.0 Å². The van der Waals surface area contributed by atoms with Crippen LogP contribution in [-0.2, 0) is 35.6 Å². The third-order valence-electron chi connectivity index (χ3n) is 10.2. The average Bonchev–Trinajstić information content (AvgIpc) is 3.62. The first-order valence-electron chi connectivity index (χ1n) is 17.5. The second-order valence-corrected chi connectivity index (χ2v) is 16.6. The Labute approximate surface area is 321 Å². The summed E-state index contributed by atoms with van der Waals surface area (Å²) >= 11 is 0. The van der Waals surface area contributed by atoms with Crippen molar-refractivity contribution in [2.45, 2.75) is 63.3 Å². The number of hydrogen-bond acceptors (Lipinski definition) is 7. The van der Waals surface area contributed by atoms with Crippen LogP contribution in [-0.4, -0.2) is 56.0 Å². The first kappa shape index (κ1) is 39.7. The molecule has 11 nitrogen and oxygen atoms in total. The van der Waals surface area contributed by atoms with E-state index in [0.29, 0.717) is 22.5 Å². The number of aliphatic hydroxyl groups is 1. The molecule has 3 heterocycles. The maximum atomic E-state index is 15.6. The number of amides is 1. The summed E-state index contributed by atoms with van der Waals surface area (Å²) in [4.78, 5) is 18.8. The molecular weight excluding hydrogens is 784 g/mol. The smallest absolute Gasteiger partial charge is 0.378 e. The molecule has 1 unspecified atom stereocenters. The van der Waals surface area contributed by atoms with Crippen molar-refractivity contribution in [2.24, 2.45) is 18.9 Å². The van der Waals surface area contributed by atoms with Gasteiger partial charge in [-0.05, 0) is 73.4 Å². The van der Waals surface area contributed by atoms with Gasteiger partial charge in [-0.3, -0.25) is 9.40 Å². The highest BCUT2D eigenvalue weighted by molar-refractivity contribution is 7.92. The molecule has 0 saturated heterocycles.